The fourth-order valence-corrected chi connectivity index (χ4v) is 7.16. The van der Waals surface area contributed by atoms with E-state index in [1.54, 1.807) is 142 Å². The van der Waals surface area contributed by atoms with Crippen LogP contribution in [-0.4, -0.2) is 34.9 Å². The maximum atomic E-state index is 15.5. The molecule has 0 aliphatic rings. The third-order valence-corrected chi connectivity index (χ3v) is 10.5. The Labute approximate surface area is 285 Å². The summed E-state index contributed by atoms with van der Waals surface area (Å²) in [6, 6.07) is 26.9. The molecule has 0 aromatic heterocycles. The number of benzene rings is 4. The van der Waals surface area contributed by atoms with Crippen molar-refractivity contribution >= 4 is 69.3 Å². The molecule has 0 saturated carbocycles. The van der Waals surface area contributed by atoms with Crippen LogP contribution < -0.4 is 9.47 Å². The third kappa shape index (κ3) is 8.33. The van der Waals surface area contributed by atoms with Gasteiger partial charge in [0.1, 0.15) is 11.5 Å². The molecular formula is C32H28F4I2O3S2. The molecule has 0 bridgehead atoms. The van der Waals surface area contributed by atoms with E-state index in [9.17, 15) is 0 Å². The number of rotatable bonds is 14. The first kappa shape index (κ1) is 34.2. The standard InChI is InChI=1S/C32H28F4I2O3S2/c1-39-23-15-11-21(12-16-23)29(31(33,34)19-37)25-7-3-5-9-27(25)42-41-43-28-10-6-4-8-26(28)30(32(35,36)20-38)22-13-17-24(40-2)18-14-22/h3-18,29-30H,19-20H2,1-2H3. The van der Waals surface area contributed by atoms with E-state index in [2.05, 4.69) is 0 Å². The van der Waals surface area contributed by atoms with Crippen LogP contribution >= 0.6 is 69.3 Å². The third-order valence-electron chi connectivity index (χ3n) is 6.81. The minimum atomic E-state index is -3.05. The smallest absolute Gasteiger partial charge is 0.267 e. The first-order valence-electron chi connectivity index (χ1n) is 13.0. The van der Waals surface area contributed by atoms with Crippen LogP contribution in [0.3, 0.4) is 0 Å². The summed E-state index contributed by atoms with van der Waals surface area (Å²) in [5.74, 6) is -7.43. The summed E-state index contributed by atoms with van der Waals surface area (Å²) in [6.07, 6.45) is 0. The van der Waals surface area contributed by atoms with Gasteiger partial charge in [-0.3, -0.25) is 0 Å². The molecule has 11 heteroatoms. The second-order valence-corrected chi connectivity index (χ2v) is 12.8. The number of methoxy groups -OCH3 is 2. The van der Waals surface area contributed by atoms with Crippen LogP contribution in [0.1, 0.15) is 34.1 Å². The fraction of sp³-hybridized carbons (Fsp3) is 0.250. The van der Waals surface area contributed by atoms with Gasteiger partial charge in [-0.15, -0.1) is 0 Å². The SMILES string of the molecule is COc1ccc(C(c2ccccc2SOSc2ccccc2C(c2ccc(OC)cc2)C(F)(F)CI)C(F)(F)CI)cc1. The van der Waals surface area contributed by atoms with E-state index < -0.39 is 23.7 Å². The zero-order chi connectivity index (χ0) is 31.0. The summed E-state index contributed by atoms with van der Waals surface area (Å²) >= 11 is 5.27. The van der Waals surface area contributed by atoms with Gasteiger partial charge >= 0.3 is 0 Å². The number of halogens is 6. The largest absolute Gasteiger partial charge is 0.497 e. The van der Waals surface area contributed by atoms with Crippen LogP contribution in [0.25, 0.3) is 0 Å². The highest BCUT2D eigenvalue weighted by Crippen LogP contribution is 2.47. The summed E-state index contributed by atoms with van der Waals surface area (Å²) in [4.78, 5) is 1.00. The molecule has 4 aromatic rings. The van der Waals surface area contributed by atoms with Crippen molar-refractivity contribution in [1.29, 1.82) is 0 Å². The number of alkyl halides is 6. The van der Waals surface area contributed by atoms with Crippen molar-refractivity contribution < 1.29 is 30.7 Å². The zero-order valence-electron chi connectivity index (χ0n) is 23.1. The molecule has 228 valence electrons. The molecule has 0 spiro atoms. The average molecular weight is 855 g/mol. The van der Waals surface area contributed by atoms with Crippen molar-refractivity contribution in [3.05, 3.63) is 119 Å². The topological polar surface area (TPSA) is 27.7 Å². The van der Waals surface area contributed by atoms with Crippen LogP contribution in [0.2, 0.25) is 0 Å². The molecule has 4 rings (SSSR count). The highest BCUT2D eigenvalue weighted by atomic mass is 127. The molecule has 0 heterocycles. The van der Waals surface area contributed by atoms with Crippen LogP contribution in [0.5, 0.6) is 11.5 Å². The normalized spacial score (nSPS) is 13.4. The number of hydrogen-bond donors (Lipinski definition) is 0. The van der Waals surface area contributed by atoms with Crippen molar-refractivity contribution in [3.63, 3.8) is 0 Å². The first-order valence-corrected chi connectivity index (χ1v) is 17.5. The Morgan fingerprint density at radius 2 is 0.930 bits per heavy atom. The predicted molar refractivity (Wildman–Crippen MR) is 183 cm³/mol. The van der Waals surface area contributed by atoms with Gasteiger partial charge in [-0.2, -0.15) is 0 Å². The van der Waals surface area contributed by atoms with Crippen molar-refractivity contribution in [2.75, 3.05) is 23.1 Å². The van der Waals surface area contributed by atoms with Crippen LogP contribution in [0.4, 0.5) is 17.6 Å². The Balaban J connectivity index is 1.63. The second kappa shape index (κ2) is 15.5. The van der Waals surface area contributed by atoms with Gasteiger partial charge in [0.2, 0.25) is 0 Å². The molecule has 3 nitrogen and oxygen atoms in total. The number of ether oxygens (including phenoxy) is 2. The lowest BCUT2D eigenvalue weighted by Gasteiger charge is -2.28. The number of hydrogen-bond acceptors (Lipinski definition) is 5. The maximum absolute atomic E-state index is 15.5. The van der Waals surface area contributed by atoms with E-state index in [1.807, 2.05) is 0 Å². The van der Waals surface area contributed by atoms with Gasteiger partial charge in [-0.25, -0.2) is 21.2 Å². The van der Waals surface area contributed by atoms with E-state index in [4.69, 9.17) is 13.1 Å². The summed E-state index contributed by atoms with van der Waals surface area (Å²) in [5.41, 5.74) is 1.69. The molecule has 2 atom stereocenters. The van der Waals surface area contributed by atoms with Gasteiger partial charge in [0.15, 0.2) is 0 Å². The van der Waals surface area contributed by atoms with E-state index in [0.29, 0.717) is 43.5 Å². The van der Waals surface area contributed by atoms with Crippen LogP contribution in [-0.2, 0) is 3.63 Å². The van der Waals surface area contributed by atoms with Gasteiger partial charge in [-0.05, 0) is 58.7 Å². The Morgan fingerprint density at radius 1 is 0.581 bits per heavy atom. The summed E-state index contributed by atoms with van der Waals surface area (Å²) in [6.45, 7) is 0. The minimum absolute atomic E-state index is 0.388. The second-order valence-electron chi connectivity index (χ2n) is 9.51. The zero-order valence-corrected chi connectivity index (χ0v) is 29.1. The van der Waals surface area contributed by atoms with Crippen LogP contribution in [0.15, 0.2) is 107 Å². The Bertz CT molecular complexity index is 1360. The van der Waals surface area contributed by atoms with Crippen molar-refractivity contribution in [2.24, 2.45) is 0 Å². The molecule has 43 heavy (non-hydrogen) atoms. The van der Waals surface area contributed by atoms with Gasteiger partial charge < -0.3 is 9.47 Å². The molecule has 0 fully saturated rings. The molecular weight excluding hydrogens is 826 g/mol. The van der Waals surface area contributed by atoms with Crippen molar-refractivity contribution in [2.45, 2.75) is 33.5 Å². The molecule has 0 aliphatic carbocycles. The summed E-state index contributed by atoms with van der Waals surface area (Å²) in [7, 11) is 3.04. The highest BCUT2D eigenvalue weighted by molar-refractivity contribution is 14.1. The minimum Gasteiger partial charge on any atom is -0.497 e. The molecule has 0 amide bonds. The Hall–Kier alpha value is -1.68. The maximum Gasteiger partial charge on any atom is 0.267 e. The van der Waals surface area contributed by atoms with Crippen LogP contribution in [0, 0.1) is 0 Å². The summed E-state index contributed by atoms with van der Waals surface area (Å²) in [5, 5.41) is 0. The van der Waals surface area contributed by atoms with Crippen molar-refractivity contribution in [1.82, 2.24) is 0 Å². The van der Waals surface area contributed by atoms with Gasteiger partial charge in [-0.1, -0.05) is 106 Å². The predicted octanol–water partition coefficient (Wildman–Crippen LogP) is 10.8. The quantitative estimate of drug-likeness (QED) is 0.0545. The lowest BCUT2D eigenvalue weighted by molar-refractivity contribution is 0.0116. The fourth-order valence-electron chi connectivity index (χ4n) is 4.73. The van der Waals surface area contributed by atoms with E-state index in [-0.39, 0.29) is 8.86 Å². The average Bonchev–Trinajstić information content (AvgIpc) is 3.03. The molecule has 2 unspecified atom stereocenters. The summed E-state index contributed by atoms with van der Waals surface area (Å²) < 4.78 is 77.4. The van der Waals surface area contributed by atoms with Crippen molar-refractivity contribution in [3.8, 4) is 11.5 Å². The Kier molecular flexibility index (Phi) is 12.4. The lowest BCUT2D eigenvalue weighted by atomic mass is 9.86. The van der Waals surface area contributed by atoms with E-state index in [0.717, 1.165) is 24.1 Å². The molecule has 0 N–H and O–H groups in total. The molecule has 0 aliphatic heterocycles. The van der Waals surface area contributed by atoms with Gasteiger partial charge in [0.05, 0.1) is 34.9 Å². The highest BCUT2D eigenvalue weighted by Gasteiger charge is 2.43. The molecule has 4 aromatic carbocycles. The van der Waals surface area contributed by atoms with E-state index >= 15 is 17.6 Å². The molecule has 0 radical (unpaired) electrons. The Morgan fingerprint density at radius 3 is 1.26 bits per heavy atom. The first-order chi connectivity index (χ1) is 20.6. The van der Waals surface area contributed by atoms with Gasteiger partial charge in [0.25, 0.3) is 11.8 Å². The lowest BCUT2D eigenvalue weighted by Crippen LogP contribution is -2.29. The molecule has 0 saturated heterocycles. The van der Waals surface area contributed by atoms with E-state index in [1.165, 1.54) is 14.2 Å². The van der Waals surface area contributed by atoms with Gasteiger partial charge in [0, 0.05) is 33.9 Å². The monoisotopic (exact) mass is 854 g/mol.